The lowest BCUT2D eigenvalue weighted by Crippen LogP contribution is -2.16. The summed E-state index contributed by atoms with van der Waals surface area (Å²) in [4.78, 5) is 12.9. The zero-order chi connectivity index (χ0) is 38.1. The van der Waals surface area contributed by atoms with Gasteiger partial charge in [-0.15, -0.1) is 0 Å². The van der Waals surface area contributed by atoms with Crippen molar-refractivity contribution in [1.29, 1.82) is 0 Å². The lowest BCUT2D eigenvalue weighted by molar-refractivity contribution is 0.660. The van der Waals surface area contributed by atoms with Crippen LogP contribution in [-0.4, -0.2) is 9.97 Å². The summed E-state index contributed by atoms with van der Waals surface area (Å²) in [7, 11) is 0. The van der Waals surface area contributed by atoms with E-state index < -0.39 is 0 Å². The molecule has 0 atom stereocenters. The lowest BCUT2D eigenvalue weighted by Gasteiger charge is -2.29. The highest BCUT2D eigenvalue weighted by Crippen LogP contribution is 2.52. The molecule has 0 fully saturated rings. The maximum Gasteiger partial charge on any atom is 0.161 e. The number of furan rings is 1. The van der Waals surface area contributed by atoms with E-state index in [4.69, 9.17) is 14.4 Å². The number of benzene rings is 8. The first kappa shape index (κ1) is 33.1. The summed E-state index contributed by atoms with van der Waals surface area (Å²) < 4.78 is 6.88. The average Bonchev–Trinajstić information content (AvgIpc) is 3.76. The van der Waals surface area contributed by atoms with Crippen molar-refractivity contribution in [1.82, 2.24) is 9.97 Å². The number of rotatable bonds is 6. The van der Waals surface area contributed by atoms with Crippen LogP contribution in [0, 0.1) is 0 Å². The largest absolute Gasteiger partial charge is 0.456 e. The Morgan fingerprint density at radius 1 is 0.439 bits per heavy atom. The molecule has 11 rings (SSSR count). The highest BCUT2D eigenvalue weighted by molar-refractivity contribution is 6.25. The van der Waals surface area contributed by atoms with Crippen LogP contribution < -0.4 is 4.90 Å². The highest BCUT2D eigenvalue weighted by atomic mass is 16.3. The first-order valence-corrected chi connectivity index (χ1v) is 19.5. The first-order chi connectivity index (χ1) is 28.0. The fourth-order valence-corrected chi connectivity index (χ4v) is 8.95. The highest BCUT2D eigenvalue weighted by Gasteiger charge is 2.36. The van der Waals surface area contributed by atoms with Crippen molar-refractivity contribution in [3.8, 4) is 45.0 Å². The van der Waals surface area contributed by atoms with Crippen LogP contribution in [0.4, 0.5) is 17.1 Å². The van der Waals surface area contributed by atoms with Crippen molar-refractivity contribution in [2.45, 2.75) is 19.3 Å². The summed E-state index contributed by atoms with van der Waals surface area (Å²) in [5.74, 6) is 0.657. The smallest absolute Gasteiger partial charge is 0.161 e. The molecule has 0 N–H and O–H groups in total. The molecule has 0 saturated heterocycles. The van der Waals surface area contributed by atoms with Gasteiger partial charge in [0.15, 0.2) is 5.82 Å². The molecule has 0 spiro atoms. The van der Waals surface area contributed by atoms with Gasteiger partial charge in [-0.2, -0.15) is 0 Å². The molecule has 0 bridgehead atoms. The Morgan fingerprint density at radius 2 is 1.04 bits per heavy atom. The standard InChI is InChI=1S/C53H37N3O/c1-53(2)43-27-15-14-23-38(43)39-30-29-37(31-44(39)53)56(36-21-10-5-11-22-36)47-33-49-50(41-25-13-12-24-40(41)47)51-42(26-16-28-48(51)57-49)52-54-45(34-17-6-3-7-18-34)32-46(55-52)35-19-8-4-9-20-35/h3-33H,1-2H3. The molecule has 8 aromatic carbocycles. The molecule has 270 valence electrons. The van der Waals surface area contributed by atoms with Crippen LogP contribution in [0.1, 0.15) is 25.0 Å². The quantitative estimate of drug-likeness (QED) is 0.171. The Kier molecular flexibility index (Phi) is 7.48. The second-order valence-corrected chi connectivity index (χ2v) is 15.4. The van der Waals surface area contributed by atoms with Gasteiger partial charge in [0.1, 0.15) is 11.2 Å². The van der Waals surface area contributed by atoms with Crippen LogP contribution in [0.15, 0.2) is 192 Å². The van der Waals surface area contributed by atoms with E-state index in [0.717, 1.165) is 77.9 Å². The molecular weight excluding hydrogens is 695 g/mol. The van der Waals surface area contributed by atoms with Crippen molar-refractivity contribution in [2.75, 3.05) is 4.90 Å². The Hall–Kier alpha value is -7.30. The third-order valence-electron chi connectivity index (χ3n) is 11.7. The van der Waals surface area contributed by atoms with Crippen molar-refractivity contribution < 1.29 is 4.42 Å². The first-order valence-electron chi connectivity index (χ1n) is 19.5. The molecule has 1 aliphatic rings. The Balaban J connectivity index is 1.15. The number of aromatic nitrogens is 2. The molecule has 4 nitrogen and oxygen atoms in total. The summed E-state index contributed by atoms with van der Waals surface area (Å²) in [5, 5.41) is 4.28. The molecule has 1 aliphatic carbocycles. The fraction of sp³-hybridized carbons (Fsp3) is 0.0566. The third-order valence-corrected chi connectivity index (χ3v) is 11.7. The van der Waals surface area contributed by atoms with Crippen LogP contribution in [0.2, 0.25) is 0 Å². The Morgan fingerprint density at radius 3 is 1.75 bits per heavy atom. The van der Waals surface area contributed by atoms with E-state index in [1.807, 2.05) is 18.2 Å². The molecule has 0 amide bonds. The minimum absolute atomic E-state index is 0.133. The van der Waals surface area contributed by atoms with Crippen molar-refractivity contribution in [3.63, 3.8) is 0 Å². The number of nitrogens with zero attached hydrogens (tertiary/aromatic N) is 3. The molecule has 0 aliphatic heterocycles. The summed E-state index contributed by atoms with van der Waals surface area (Å²) >= 11 is 0. The van der Waals surface area contributed by atoms with E-state index in [9.17, 15) is 0 Å². The monoisotopic (exact) mass is 731 g/mol. The zero-order valence-electron chi connectivity index (χ0n) is 31.6. The number of hydrogen-bond acceptors (Lipinski definition) is 4. The van der Waals surface area contributed by atoms with E-state index >= 15 is 0 Å². The van der Waals surface area contributed by atoms with Gasteiger partial charge in [-0.05, 0) is 64.0 Å². The van der Waals surface area contributed by atoms with Crippen LogP contribution in [0.3, 0.4) is 0 Å². The van der Waals surface area contributed by atoms with Gasteiger partial charge in [0.05, 0.1) is 17.1 Å². The second kappa shape index (κ2) is 12.9. The van der Waals surface area contributed by atoms with Crippen molar-refractivity contribution in [3.05, 3.63) is 199 Å². The Labute approximate surface area is 331 Å². The van der Waals surface area contributed by atoms with E-state index in [2.05, 4.69) is 189 Å². The number of fused-ring (bicyclic) bond motifs is 8. The summed E-state index contributed by atoms with van der Waals surface area (Å²) in [6.45, 7) is 4.67. The maximum absolute atomic E-state index is 6.88. The van der Waals surface area contributed by atoms with Crippen LogP contribution in [0.5, 0.6) is 0 Å². The molecule has 0 saturated carbocycles. The number of anilines is 3. The van der Waals surface area contributed by atoms with Crippen LogP contribution >= 0.6 is 0 Å². The van der Waals surface area contributed by atoms with E-state index in [1.54, 1.807) is 0 Å². The zero-order valence-corrected chi connectivity index (χ0v) is 31.6. The lowest BCUT2D eigenvalue weighted by atomic mass is 9.82. The molecular formula is C53H37N3O. The molecule has 4 heteroatoms. The fourth-order valence-electron chi connectivity index (χ4n) is 8.95. The average molecular weight is 732 g/mol. The van der Waals surface area contributed by atoms with E-state index in [-0.39, 0.29) is 5.41 Å². The van der Waals surface area contributed by atoms with E-state index in [1.165, 1.54) is 22.3 Å². The molecule has 2 aromatic heterocycles. The SMILES string of the molecule is CC1(C)c2ccccc2-c2ccc(N(c3ccccc3)c3cc4oc5cccc(-c6nc(-c7ccccc7)cc(-c7ccccc7)n6)c5c4c4ccccc34)cc21. The van der Waals surface area contributed by atoms with Gasteiger partial charge in [0.25, 0.3) is 0 Å². The van der Waals surface area contributed by atoms with Gasteiger partial charge in [-0.1, -0.05) is 159 Å². The van der Waals surface area contributed by atoms with Gasteiger partial charge in [-0.3, -0.25) is 0 Å². The molecule has 57 heavy (non-hydrogen) atoms. The second-order valence-electron chi connectivity index (χ2n) is 15.4. The molecule has 0 unspecified atom stereocenters. The van der Waals surface area contributed by atoms with Gasteiger partial charge in [0.2, 0.25) is 0 Å². The minimum Gasteiger partial charge on any atom is -0.456 e. The topological polar surface area (TPSA) is 42.2 Å². The van der Waals surface area contributed by atoms with Gasteiger partial charge >= 0.3 is 0 Å². The molecule has 2 heterocycles. The molecule has 0 radical (unpaired) electrons. The summed E-state index contributed by atoms with van der Waals surface area (Å²) in [5.41, 5.74) is 14.7. The summed E-state index contributed by atoms with van der Waals surface area (Å²) in [6, 6.07) is 66.3. The Bertz CT molecular complexity index is 3090. The predicted octanol–water partition coefficient (Wildman–Crippen LogP) is 14.3. The van der Waals surface area contributed by atoms with Crippen molar-refractivity contribution >= 4 is 49.8 Å². The number of hydrogen-bond donors (Lipinski definition) is 0. The third kappa shape index (κ3) is 5.29. The van der Waals surface area contributed by atoms with E-state index in [0.29, 0.717) is 5.82 Å². The number of para-hydroxylation sites is 1. The van der Waals surface area contributed by atoms with Gasteiger partial charge in [-0.25, -0.2) is 9.97 Å². The van der Waals surface area contributed by atoms with Gasteiger partial charge in [0, 0.05) is 55.7 Å². The van der Waals surface area contributed by atoms with Gasteiger partial charge < -0.3 is 9.32 Å². The predicted molar refractivity (Wildman–Crippen MR) is 235 cm³/mol. The van der Waals surface area contributed by atoms with Crippen molar-refractivity contribution in [2.24, 2.45) is 0 Å². The normalized spacial score (nSPS) is 12.9. The van der Waals surface area contributed by atoms with Crippen LogP contribution in [0.25, 0.3) is 77.7 Å². The molecule has 10 aromatic rings. The summed E-state index contributed by atoms with van der Waals surface area (Å²) in [6.07, 6.45) is 0. The maximum atomic E-state index is 6.88. The minimum atomic E-state index is -0.133. The van der Waals surface area contributed by atoms with Crippen LogP contribution in [-0.2, 0) is 5.41 Å².